The number of rotatable bonds is 1. The first-order chi connectivity index (χ1) is 8.15. The number of imidazole rings is 1. The maximum absolute atomic E-state index is 13.6. The van der Waals surface area contributed by atoms with Gasteiger partial charge in [-0.2, -0.15) is 0 Å². The number of thiazole rings is 1. The molecule has 86 valence electrons. The number of hydrogen-bond acceptors (Lipinski definition) is 3. The second-order valence-electron chi connectivity index (χ2n) is 3.56. The van der Waals surface area contributed by atoms with Gasteiger partial charge in [-0.05, 0) is 12.1 Å². The van der Waals surface area contributed by atoms with Crippen molar-refractivity contribution in [2.24, 2.45) is 0 Å². The third-order valence-electron chi connectivity index (χ3n) is 2.44. The first-order valence-corrected chi connectivity index (χ1v) is 5.70. The van der Waals surface area contributed by atoms with E-state index in [1.165, 1.54) is 23.5 Å². The molecule has 0 bridgehead atoms. The molecule has 0 aliphatic rings. The number of aromatic nitrogens is 2. The lowest BCUT2D eigenvalue weighted by atomic mass is 10.1. The predicted molar refractivity (Wildman–Crippen MR) is 62.8 cm³/mol. The summed E-state index contributed by atoms with van der Waals surface area (Å²) >= 11 is 1.37. The van der Waals surface area contributed by atoms with Crippen LogP contribution in [-0.2, 0) is 0 Å². The Kier molecular flexibility index (Phi) is 2.12. The van der Waals surface area contributed by atoms with Crippen molar-refractivity contribution in [2.75, 3.05) is 5.73 Å². The van der Waals surface area contributed by atoms with E-state index in [0.717, 1.165) is 6.07 Å². The van der Waals surface area contributed by atoms with Crippen molar-refractivity contribution in [1.82, 2.24) is 9.38 Å². The summed E-state index contributed by atoms with van der Waals surface area (Å²) in [6, 6.07) is 3.41. The van der Waals surface area contributed by atoms with Crippen LogP contribution in [0.4, 0.5) is 14.6 Å². The molecule has 0 saturated carbocycles. The SMILES string of the molecule is Nc1csc2nc(-c3ccc(F)cc3F)cn12. The predicted octanol–water partition coefficient (Wildman–Crippen LogP) is 2.92. The lowest BCUT2D eigenvalue weighted by Crippen LogP contribution is -1.88. The van der Waals surface area contributed by atoms with Crippen molar-refractivity contribution < 1.29 is 8.78 Å². The van der Waals surface area contributed by atoms with E-state index in [9.17, 15) is 8.78 Å². The summed E-state index contributed by atoms with van der Waals surface area (Å²) in [4.78, 5) is 4.92. The van der Waals surface area contributed by atoms with Gasteiger partial charge in [0, 0.05) is 23.2 Å². The Morgan fingerprint density at radius 3 is 2.82 bits per heavy atom. The van der Waals surface area contributed by atoms with Crippen LogP contribution in [0.5, 0.6) is 0 Å². The molecule has 3 rings (SSSR count). The number of nitrogens with two attached hydrogens (primary N) is 1. The summed E-state index contributed by atoms with van der Waals surface area (Å²) in [6.07, 6.45) is 1.64. The minimum atomic E-state index is -0.630. The summed E-state index contributed by atoms with van der Waals surface area (Å²) < 4.78 is 28.0. The molecular weight excluding hydrogens is 244 g/mol. The van der Waals surface area contributed by atoms with E-state index in [4.69, 9.17) is 5.73 Å². The standard InChI is InChI=1S/C11H7F2N3S/c12-6-1-2-7(8(13)3-6)9-4-16-10(14)5-17-11(16)15-9/h1-5H,14H2. The van der Waals surface area contributed by atoms with Crippen molar-refractivity contribution >= 4 is 22.1 Å². The van der Waals surface area contributed by atoms with Gasteiger partial charge in [-0.25, -0.2) is 13.8 Å². The topological polar surface area (TPSA) is 43.3 Å². The molecular formula is C11H7F2N3S. The van der Waals surface area contributed by atoms with E-state index in [2.05, 4.69) is 4.98 Å². The van der Waals surface area contributed by atoms with Crippen molar-refractivity contribution in [2.45, 2.75) is 0 Å². The summed E-state index contributed by atoms with van der Waals surface area (Å²) in [7, 11) is 0. The monoisotopic (exact) mass is 251 g/mol. The van der Waals surface area contributed by atoms with Gasteiger partial charge in [0.05, 0.1) is 5.69 Å². The van der Waals surface area contributed by atoms with Gasteiger partial charge < -0.3 is 5.73 Å². The van der Waals surface area contributed by atoms with Gasteiger partial charge in [-0.3, -0.25) is 4.40 Å². The molecule has 0 unspecified atom stereocenters. The molecule has 0 spiro atoms. The fourth-order valence-electron chi connectivity index (χ4n) is 1.63. The number of anilines is 1. The van der Waals surface area contributed by atoms with Crippen LogP contribution < -0.4 is 5.73 Å². The third-order valence-corrected chi connectivity index (χ3v) is 3.30. The van der Waals surface area contributed by atoms with Crippen LogP contribution >= 0.6 is 11.3 Å². The molecule has 0 radical (unpaired) electrons. The molecule has 2 heterocycles. The molecule has 0 amide bonds. The fourth-order valence-corrected chi connectivity index (χ4v) is 2.39. The average Bonchev–Trinajstić information content (AvgIpc) is 2.81. The Labute approximate surface area is 99.1 Å². The molecule has 0 aliphatic heterocycles. The van der Waals surface area contributed by atoms with E-state index >= 15 is 0 Å². The van der Waals surface area contributed by atoms with Gasteiger partial charge in [0.25, 0.3) is 0 Å². The Balaban J connectivity index is 2.20. The molecule has 1 aromatic carbocycles. The summed E-state index contributed by atoms with van der Waals surface area (Å²) in [5, 5.41) is 1.76. The molecule has 0 fully saturated rings. The molecule has 6 heteroatoms. The van der Waals surface area contributed by atoms with E-state index < -0.39 is 11.6 Å². The zero-order valence-corrected chi connectivity index (χ0v) is 9.34. The van der Waals surface area contributed by atoms with Crippen LogP contribution in [-0.4, -0.2) is 9.38 Å². The minimum absolute atomic E-state index is 0.265. The third kappa shape index (κ3) is 1.57. The minimum Gasteiger partial charge on any atom is -0.384 e. The van der Waals surface area contributed by atoms with Crippen molar-refractivity contribution in [3.63, 3.8) is 0 Å². The smallest absolute Gasteiger partial charge is 0.195 e. The first kappa shape index (κ1) is 10.2. The number of nitrogen functional groups attached to an aromatic ring is 1. The van der Waals surface area contributed by atoms with Crippen LogP contribution in [0.15, 0.2) is 29.8 Å². The Morgan fingerprint density at radius 2 is 2.12 bits per heavy atom. The number of hydrogen-bond donors (Lipinski definition) is 1. The highest BCUT2D eigenvalue weighted by molar-refractivity contribution is 7.15. The normalized spacial score (nSPS) is 11.2. The Morgan fingerprint density at radius 1 is 1.29 bits per heavy atom. The van der Waals surface area contributed by atoms with E-state index in [0.29, 0.717) is 16.5 Å². The van der Waals surface area contributed by atoms with Crippen LogP contribution in [0, 0.1) is 11.6 Å². The molecule has 17 heavy (non-hydrogen) atoms. The number of halogens is 2. The lowest BCUT2D eigenvalue weighted by Gasteiger charge is -1.98. The number of benzene rings is 1. The Bertz CT molecular complexity index is 702. The van der Waals surface area contributed by atoms with Gasteiger partial charge in [0.1, 0.15) is 17.5 Å². The maximum atomic E-state index is 13.6. The highest BCUT2D eigenvalue weighted by Crippen LogP contribution is 2.26. The summed E-state index contributed by atoms with van der Waals surface area (Å²) in [6.45, 7) is 0. The van der Waals surface area contributed by atoms with Gasteiger partial charge in [0.15, 0.2) is 4.96 Å². The van der Waals surface area contributed by atoms with E-state index in [1.807, 2.05) is 0 Å². The van der Waals surface area contributed by atoms with Crippen LogP contribution in [0.1, 0.15) is 0 Å². The molecule has 2 aromatic heterocycles. The van der Waals surface area contributed by atoms with Crippen LogP contribution in [0.3, 0.4) is 0 Å². The lowest BCUT2D eigenvalue weighted by molar-refractivity contribution is 0.585. The quantitative estimate of drug-likeness (QED) is 0.722. The van der Waals surface area contributed by atoms with Crippen LogP contribution in [0.25, 0.3) is 16.2 Å². The fraction of sp³-hybridized carbons (Fsp3) is 0. The van der Waals surface area contributed by atoms with Crippen LogP contribution in [0.2, 0.25) is 0 Å². The molecule has 3 nitrogen and oxygen atoms in total. The number of nitrogens with zero attached hydrogens (tertiary/aromatic N) is 2. The van der Waals surface area contributed by atoms with Gasteiger partial charge >= 0.3 is 0 Å². The summed E-state index contributed by atoms with van der Waals surface area (Å²) in [5.74, 6) is -0.688. The van der Waals surface area contributed by atoms with Crippen molar-refractivity contribution in [3.8, 4) is 11.3 Å². The second kappa shape index (κ2) is 3.53. The highest BCUT2D eigenvalue weighted by Gasteiger charge is 2.12. The van der Waals surface area contributed by atoms with Gasteiger partial charge in [-0.1, -0.05) is 0 Å². The molecule has 3 aromatic rings. The second-order valence-corrected chi connectivity index (χ2v) is 4.40. The molecule has 2 N–H and O–H groups in total. The number of fused-ring (bicyclic) bond motifs is 1. The average molecular weight is 251 g/mol. The van der Waals surface area contributed by atoms with E-state index in [-0.39, 0.29) is 5.56 Å². The zero-order chi connectivity index (χ0) is 12.0. The maximum Gasteiger partial charge on any atom is 0.195 e. The van der Waals surface area contributed by atoms with Gasteiger partial charge in [-0.15, -0.1) is 11.3 Å². The van der Waals surface area contributed by atoms with Gasteiger partial charge in [0.2, 0.25) is 0 Å². The highest BCUT2D eigenvalue weighted by atomic mass is 32.1. The summed E-state index contributed by atoms with van der Waals surface area (Å²) in [5.41, 5.74) is 6.42. The Hall–Kier alpha value is -1.95. The molecule has 0 aliphatic carbocycles. The zero-order valence-electron chi connectivity index (χ0n) is 8.52. The van der Waals surface area contributed by atoms with E-state index in [1.54, 1.807) is 16.0 Å². The van der Waals surface area contributed by atoms with Crippen molar-refractivity contribution in [1.29, 1.82) is 0 Å². The molecule has 0 saturated heterocycles. The molecule has 0 atom stereocenters. The first-order valence-electron chi connectivity index (χ1n) is 4.82. The largest absolute Gasteiger partial charge is 0.384 e. The van der Waals surface area contributed by atoms with Crippen molar-refractivity contribution in [3.05, 3.63) is 41.4 Å².